The van der Waals surface area contributed by atoms with E-state index in [1.807, 2.05) is 0 Å². The highest BCUT2D eigenvalue weighted by Gasteiger charge is 2.24. The molecular formula is C15H22BrClFN. The second-order valence-corrected chi connectivity index (χ2v) is 6.58. The first-order valence-electron chi connectivity index (χ1n) is 6.76. The molecule has 0 aromatic heterocycles. The Kier molecular flexibility index (Phi) is 6.78. The van der Waals surface area contributed by atoms with Gasteiger partial charge in [0.2, 0.25) is 0 Å². The second-order valence-electron chi connectivity index (χ2n) is 5.32. The third-order valence-electron chi connectivity index (χ3n) is 3.57. The number of rotatable bonds is 6. The molecule has 0 amide bonds. The summed E-state index contributed by atoms with van der Waals surface area (Å²) < 4.78 is 14.8. The average Bonchev–Trinajstić information content (AvgIpc) is 2.35. The summed E-state index contributed by atoms with van der Waals surface area (Å²) in [5.41, 5.74) is 0.655. The van der Waals surface area contributed by atoms with Crippen LogP contribution >= 0.6 is 27.5 Å². The van der Waals surface area contributed by atoms with Crippen molar-refractivity contribution in [3.63, 3.8) is 0 Å². The molecule has 1 N–H and O–H groups in total. The summed E-state index contributed by atoms with van der Waals surface area (Å²) >= 11 is 9.36. The predicted molar refractivity (Wildman–Crippen MR) is 84.1 cm³/mol. The van der Waals surface area contributed by atoms with Crippen molar-refractivity contribution in [2.24, 2.45) is 11.8 Å². The van der Waals surface area contributed by atoms with E-state index >= 15 is 0 Å². The Bertz CT molecular complexity index is 423. The summed E-state index contributed by atoms with van der Waals surface area (Å²) in [6, 6.07) is 3.17. The monoisotopic (exact) mass is 349 g/mol. The molecule has 0 saturated heterocycles. The summed E-state index contributed by atoms with van der Waals surface area (Å²) in [6.45, 7) is 9.44. The van der Waals surface area contributed by atoms with E-state index < -0.39 is 0 Å². The highest BCUT2D eigenvalue weighted by atomic mass is 79.9. The third kappa shape index (κ3) is 4.44. The van der Waals surface area contributed by atoms with E-state index in [0.717, 1.165) is 13.0 Å². The minimum atomic E-state index is -0.211. The van der Waals surface area contributed by atoms with Crippen molar-refractivity contribution in [2.45, 2.75) is 40.2 Å². The van der Waals surface area contributed by atoms with Gasteiger partial charge in [0.15, 0.2) is 0 Å². The van der Waals surface area contributed by atoms with Crippen molar-refractivity contribution >= 4 is 27.5 Å². The van der Waals surface area contributed by atoms with Gasteiger partial charge in [-0.15, -0.1) is 0 Å². The zero-order chi connectivity index (χ0) is 14.6. The number of halogens is 3. The molecule has 2 atom stereocenters. The third-order valence-corrected chi connectivity index (χ3v) is 4.76. The molecule has 4 heteroatoms. The normalized spacial score (nSPS) is 14.7. The maximum absolute atomic E-state index is 14.2. The molecule has 0 bridgehead atoms. The minimum Gasteiger partial charge on any atom is -0.310 e. The molecule has 108 valence electrons. The van der Waals surface area contributed by atoms with E-state index in [0.29, 0.717) is 26.9 Å². The molecule has 0 spiro atoms. The van der Waals surface area contributed by atoms with Crippen LogP contribution in [-0.4, -0.2) is 6.54 Å². The van der Waals surface area contributed by atoms with Gasteiger partial charge in [-0.3, -0.25) is 0 Å². The van der Waals surface area contributed by atoms with Crippen LogP contribution in [0.2, 0.25) is 5.02 Å². The van der Waals surface area contributed by atoms with Crippen molar-refractivity contribution in [1.29, 1.82) is 0 Å². The molecule has 0 heterocycles. The van der Waals surface area contributed by atoms with Crippen molar-refractivity contribution in [1.82, 2.24) is 5.32 Å². The van der Waals surface area contributed by atoms with Crippen LogP contribution in [0, 0.1) is 17.7 Å². The lowest BCUT2D eigenvalue weighted by molar-refractivity contribution is 0.297. The van der Waals surface area contributed by atoms with E-state index in [1.54, 1.807) is 6.07 Å². The Hall–Kier alpha value is -0.120. The van der Waals surface area contributed by atoms with Crippen LogP contribution < -0.4 is 5.32 Å². The van der Waals surface area contributed by atoms with Crippen LogP contribution in [0.15, 0.2) is 16.6 Å². The fraction of sp³-hybridized carbons (Fsp3) is 0.600. The molecule has 1 aromatic carbocycles. The first-order chi connectivity index (χ1) is 8.88. The van der Waals surface area contributed by atoms with Crippen molar-refractivity contribution in [3.05, 3.63) is 33.0 Å². The van der Waals surface area contributed by atoms with Gasteiger partial charge in [0.05, 0.1) is 5.02 Å². The summed E-state index contributed by atoms with van der Waals surface area (Å²) in [4.78, 5) is 0. The van der Waals surface area contributed by atoms with Gasteiger partial charge in [0.25, 0.3) is 0 Å². The van der Waals surface area contributed by atoms with Gasteiger partial charge in [0.1, 0.15) is 5.82 Å². The molecule has 0 aliphatic heterocycles. The topological polar surface area (TPSA) is 12.0 Å². The molecule has 0 radical (unpaired) electrons. The summed E-state index contributed by atoms with van der Waals surface area (Å²) in [5.74, 6) is 0.590. The van der Waals surface area contributed by atoms with E-state index in [2.05, 4.69) is 48.9 Å². The van der Waals surface area contributed by atoms with Gasteiger partial charge in [-0.25, -0.2) is 4.39 Å². The fourth-order valence-corrected chi connectivity index (χ4v) is 2.53. The number of hydrogen-bond donors (Lipinski definition) is 1. The largest absolute Gasteiger partial charge is 0.310 e. The zero-order valence-electron chi connectivity index (χ0n) is 11.9. The maximum atomic E-state index is 14.2. The average molecular weight is 351 g/mol. The molecule has 0 saturated carbocycles. The van der Waals surface area contributed by atoms with Crippen molar-refractivity contribution in [3.8, 4) is 0 Å². The van der Waals surface area contributed by atoms with Gasteiger partial charge < -0.3 is 5.32 Å². The van der Waals surface area contributed by atoms with Gasteiger partial charge in [-0.2, -0.15) is 0 Å². The minimum absolute atomic E-state index is 0.00875. The summed E-state index contributed by atoms with van der Waals surface area (Å²) in [5, 5.41) is 3.99. The van der Waals surface area contributed by atoms with Crippen LogP contribution in [0.1, 0.15) is 45.7 Å². The Labute approximate surface area is 129 Å². The van der Waals surface area contributed by atoms with Gasteiger partial charge in [0, 0.05) is 16.1 Å². The van der Waals surface area contributed by atoms with Gasteiger partial charge in [-0.1, -0.05) is 39.3 Å². The van der Waals surface area contributed by atoms with E-state index in [9.17, 15) is 4.39 Å². The highest BCUT2D eigenvalue weighted by molar-refractivity contribution is 9.10. The first kappa shape index (κ1) is 16.9. The van der Waals surface area contributed by atoms with Crippen molar-refractivity contribution in [2.75, 3.05) is 6.54 Å². The molecule has 1 aromatic rings. The lowest BCUT2D eigenvalue weighted by atomic mass is 9.85. The molecule has 1 rings (SSSR count). The molecular weight excluding hydrogens is 329 g/mol. The molecule has 2 unspecified atom stereocenters. The highest BCUT2D eigenvalue weighted by Crippen LogP contribution is 2.34. The van der Waals surface area contributed by atoms with Crippen LogP contribution in [0.5, 0.6) is 0 Å². The smallest absolute Gasteiger partial charge is 0.129 e. The second kappa shape index (κ2) is 7.61. The Morgan fingerprint density at radius 3 is 2.47 bits per heavy atom. The van der Waals surface area contributed by atoms with Gasteiger partial charge in [-0.05, 0) is 52.9 Å². The first-order valence-corrected chi connectivity index (χ1v) is 7.93. The molecule has 1 nitrogen and oxygen atoms in total. The van der Waals surface area contributed by atoms with E-state index in [1.165, 1.54) is 6.07 Å². The molecule has 0 aliphatic rings. The van der Waals surface area contributed by atoms with Crippen LogP contribution in [0.3, 0.4) is 0 Å². The SMILES string of the molecule is CCCNC(c1cc(Cl)c(Br)cc1F)C(C)C(C)C. The number of benzene rings is 1. The van der Waals surface area contributed by atoms with Gasteiger partial charge >= 0.3 is 0 Å². The Morgan fingerprint density at radius 1 is 1.32 bits per heavy atom. The quantitative estimate of drug-likeness (QED) is 0.661. The fourth-order valence-electron chi connectivity index (χ4n) is 2.04. The lowest BCUT2D eigenvalue weighted by Gasteiger charge is -2.29. The molecule has 0 aliphatic carbocycles. The van der Waals surface area contributed by atoms with Crippen LogP contribution in [0.4, 0.5) is 4.39 Å². The number of nitrogens with one attached hydrogen (secondary N) is 1. The summed E-state index contributed by atoms with van der Waals surface area (Å²) in [7, 11) is 0. The predicted octanol–water partition coefficient (Wildman–Crippen LogP) is 5.57. The van der Waals surface area contributed by atoms with Crippen LogP contribution in [0.25, 0.3) is 0 Å². The molecule has 0 fully saturated rings. The standard InChI is InChI=1S/C15H22BrClFN/c1-5-6-19-15(10(4)9(2)3)11-7-13(17)12(16)8-14(11)18/h7-10,15,19H,5-6H2,1-4H3. The zero-order valence-corrected chi connectivity index (χ0v) is 14.3. The maximum Gasteiger partial charge on any atom is 0.129 e. The lowest BCUT2D eigenvalue weighted by Crippen LogP contribution is -2.31. The number of hydrogen-bond acceptors (Lipinski definition) is 1. The Balaban J connectivity index is 3.13. The Morgan fingerprint density at radius 2 is 1.95 bits per heavy atom. The van der Waals surface area contributed by atoms with Crippen LogP contribution in [-0.2, 0) is 0 Å². The van der Waals surface area contributed by atoms with E-state index in [4.69, 9.17) is 11.6 Å². The van der Waals surface area contributed by atoms with E-state index in [-0.39, 0.29) is 11.9 Å². The molecule has 19 heavy (non-hydrogen) atoms. The summed E-state index contributed by atoms with van der Waals surface area (Å²) in [6.07, 6.45) is 1.02. The van der Waals surface area contributed by atoms with Crippen molar-refractivity contribution < 1.29 is 4.39 Å².